The minimum absolute atomic E-state index is 0.0143. The Hall–Kier alpha value is -1.92. The van der Waals surface area contributed by atoms with Crippen LogP contribution in [0.3, 0.4) is 0 Å². The number of carbonyl (C=O) groups is 2. The maximum absolute atomic E-state index is 12.4. The highest BCUT2D eigenvalue weighted by atomic mass is 16.5. The summed E-state index contributed by atoms with van der Waals surface area (Å²) in [5.74, 6) is -0.161. The third-order valence-corrected chi connectivity index (χ3v) is 13.7. The number of amides is 1. The van der Waals surface area contributed by atoms with Crippen molar-refractivity contribution in [1.82, 2.24) is 5.32 Å². The summed E-state index contributed by atoms with van der Waals surface area (Å²) < 4.78 is 5.47. The normalized spacial score (nSPS) is 12.8. The van der Waals surface area contributed by atoms with E-state index in [0.29, 0.717) is 25.9 Å². The highest BCUT2D eigenvalue weighted by Crippen LogP contribution is 2.17. The minimum atomic E-state index is -0.880. The lowest BCUT2D eigenvalue weighted by Gasteiger charge is -2.19. The van der Waals surface area contributed by atoms with E-state index in [1.54, 1.807) is 6.08 Å². The Kier molecular flexibility index (Phi) is 55.0. The standard InChI is InChI=1S/C61H115NO5/c1-3-5-7-9-11-13-15-17-19-21-22-23-25-26-29-33-37-41-45-49-53-59(64)58(57-63)62-60(65)54-50-46-42-38-34-30-28-32-36-40-44-48-52-56-67-61(66)55-51-47-43-39-35-31-27-24-20-18-16-14-12-10-8-6-4-2/h30,34,42,46,49,53,58-59,63-64H,3-29,31-33,35-41,43-45,47-48,50-52,54-57H2,1-2H3,(H,62,65)/b34-30-,46-42-,53-49+. The molecule has 0 aliphatic carbocycles. The van der Waals surface area contributed by atoms with E-state index in [1.807, 2.05) is 12.2 Å². The van der Waals surface area contributed by atoms with Crippen LogP contribution in [-0.4, -0.2) is 47.4 Å². The van der Waals surface area contributed by atoms with Crippen molar-refractivity contribution in [3.05, 3.63) is 36.5 Å². The van der Waals surface area contributed by atoms with E-state index >= 15 is 0 Å². The first-order chi connectivity index (χ1) is 33.0. The zero-order valence-corrected chi connectivity index (χ0v) is 44.9. The van der Waals surface area contributed by atoms with Gasteiger partial charge in [-0.05, 0) is 51.4 Å². The van der Waals surface area contributed by atoms with Crippen molar-refractivity contribution >= 4 is 11.9 Å². The fourth-order valence-electron chi connectivity index (χ4n) is 9.10. The molecule has 0 aliphatic heterocycles. The van der Waals surface area contributed by atoms with Crippen LogP contribution < -0.4 is 5.32 Å². The Morgan fingerprint density at radius 1 is 0.418 bits per heavy atom. The average molecular weight is 943 g/mol. The van der Waals surface area contributed by atoms with Gasteiger partial charge in [-0.3, -0.25) is 9.59 Å². The molecule has 6 heteroatoms. The third-order valence-electron chi connectivity index (χ3n) is 13.7. The van der Waals surface area contributed by atoms with E-state index in [1.165, 1.54) is 231 Å². The van der Waals surface area contributed by atoms with Crippen molar-refractivity contribution in [1.29, 1.82) is 0 Å². The number of esters is 1. The van der Waals surface area contributed by atoms with Crippen LogP contribution >= 0.6 is 0 Å². The van der Waals surface area contributed by atoms with Crippen LogP contribution in [0.4, 0.5) is 0 Å². The van der Waals surface area contributed by atoms with Gasteiger partial charge in [0.1, 0.15) is 0 Å². The molecule has 0 saturated carbocycles. The van der Waals surface area contributed by atoms with Gasteiger partial charge in [0.25, 0.3) is 0 Å². The number of hydrogen-bond acceptors (Lipinski definition) is 5. The van der Waals surface area contributed by atoms with Gasteiger partial charge in [0.2, 0.25) is 5.91 Å². The lowest BCUT2D eigenvalue weighted by Crippen LogP contribution is -2.45. The summed E-state index contributed by atoms with van der Waals surface area (Å²) in [5.41, 5.74) is 0. The minimum Gasteiger partial charge on any atom is -0.466 e. The van der Waals surface area contributed by atoms with Crippen LogP contribution in [0.25, 0.3) is 0 Å². The topological polar surface area (TPSA) is 95.9 Å². The van der Waals surface area contributed by atoms with Gasteiger partial charge in [-0.25, -0.2) is 0 Å². The summed E-state index contributed by atoms with van der Waals surface area (Å²) in [6.07, 6.45) is 70.4. The van der Waals surface area contributed by atoms with Crippen LogP contribution in [0, 0.1) is 0 Å². The van der Waals surface area contributed by atoms with Gasteiger partial charge in [-0.1, -0.05) is 288 Å². The number of aliphatic hydroxyl groups is 2. The van der Waals surface area contributed by atoms with Gasteiger partial charge < -0.3 is 20.3 Å². The predicted molar refractivity (Wildman–Crippen MR) is 292 cm³/mol. The molecule has 0 saturated heterocycles. The van der Waals surface area contributed by atoms with E-state index in [4.69, 9.17) is 4.74 Å². The zero-order valence-electron chi connectivity index (χ0n) is 44.9. The van der Waals surface area contributed by atoms with E-state index < -0.39 is 12.1 Å². The van der Waals surface area contributed by atoms with Gasteiger partial charge in [-0.2, -0.15) is 0 Å². The van der Waals surface area contributed by atoms with Crippen LogP contribution in [-0.2, 0) is 14.3 Å². The summed E-state index contributed by atoms with van der Waals surface area (Å²) in [5, 5.41) is 23.1. The van der Waals surface area contributed by atoms with Gasteiger partial charge in [-0.15, -0.1) is 0 Å². The maximum atomic E-state index is 12.4. The summed E-state index contributed by atoms with van der Waals surface area (Å²) in [6, 6.07) is -0.672. The van der Waals surface area contributed by atoms with Gasteiger partial charge in [0.05, 0.1) is 25.4 Å². The lowest BCUT2D eigenvalue weighted by molar-refractivity contribution is -0.143. The molecule has 0 bridgehead atoms. The molecular weight excluding hydrogens is 827 g/mol. The highest BCUT2D eigenvalue weighted by Gasteiger charge is 2.17. The summed E-state index contributed by atoms with van der Waals surface area (Å²) in [7, 11) is 0. The first-order valence-corrected chi connectivity index (χ1v) is 29.8. The molecule has 3 N–H and O–H groups in total. The predicted octanol–water partition coefficient (Wildman–Crippen LogP) is 18.4. The molecule has 0 spiro atoms. The Balaban J connectivity index is 3.55. The first kappa shape index (κ1) is 65.1. The molecule has 0 rings (SSSR count). The molecule has 67 heavy (non-hydrogen) atoms. The van der Waals surface area contributed by atoms with Crippen molar-refractivity contribution in [2.75, 3.05) is 13.2 Å². The molecule has 0 heterocycles. The zero-order chi connectivity index (χ0) is 48.6. The highest BCUT2D eigenvalue weighted by molar-refractivity contribution is 5.76. The van der Waals surface area contributed by atoms with Crippen molar-refractivity contribution in [3.63, 3.8) is 0 Å². The monoisotopic (exact) mass is 942 g/mol. The number of rotatable bonds is 55. The number of hydrogen-bond donors (Lipinski definition) is 3. The smallest absolute Gasteiger partial charge is 0.305 e. The molecule has 0 radical (unpaired) electrons. The summed E-state index contributed by atoms with van der Waals surface area (Å²) >= 11 is 0. The number of allylic oxidation sites excluding steroid dienone is 5. The maximum Gasteiger partial charge on any atom is 0.305 e. The second-order valence-electron chi connectivity index (χ2n) is 20.3. The Bertz CT molecular complexity index is 1090. The van der Waals surface area contributed by atoms with Gasteiger partial charge in [0, 0.05) is 12.8 Å². The third kappa shape index (κ3) is 53.3. The molecule has 394 valence electrons. The van der Waals surface area contributed by atoms with Crippen LogP contribution in [0.15, 0.2) is 36.5 Å². The molecule has 1 amide bonds. The SMILES string of the molecule is CCCCCCCCCCCCCCCCCCCC/C=C/C(O)C(CO)NC(=O)CC/C=C\C/C=C\CCCCCCCCOC(=O)CCCCCCCCCCCCCCCCCCC. The van der Waals surface area contributed by atoms with E-state index in [9.17, 15) is 19.8 Å². The number of aliphatic hydroxyl groups excluding tert-OH is 2. The molecule has 0 aromatic rings. The second kappa shape index (κ2) is 56.7. The largest absolute Gasteiger partial charge is 0.466 e. The van der Waals surface area contributed by atoms with Crippen LogP contribution in [0.5, 0.6) is 0 Å². The first-order valence-electron chi connectivity index (χ1n) is 29.8. The molecule has 0 aromatic heterocycles. The van der Waals surface area contributed by atoms with E-state index in [0.717, 1.165) is 51.4 Å². The van der Waals surface area contributed by atoms with Crippen molar-refractivity contribution in [2.24, 2.45) is 0 Å². The van der Waals surface area contributed by atoms with E-state index in [-0.39, 0.29) is 18.5 Å². The number of nitrogens with one attached hydrogen (secondary N) is 1. The molecule has 0 aromatic carbocycles. The second-order valence-corrected chi connectivity index (χ2v) is 20.3. The Morgan fingerprint density at radius 2 is 0.761 bits per heavy atom. The fraction of sp³-hybridized carbons (Fsp3) is 0.869. The fourth-order valence-corrected chi connectivity index (χ4v) is 9.10. The van der Waals surface area contributed by atoms with Crippen LogP contribution in [0.2, 0.25) is 0 Å². The lowest BCUT2D eigenvalue weighted by atomic mass is 10.0. The van der Waals surface area contributed by atoms with Crippen LogP contribution in [0.1, 0.15) is 316 Å². The summed E-state index contributed by atoms with van der Waals surface area (Å²) in [6.45, 7) is 4.86. The number of unbranched alkanes of at least 4 members (excludes halogenated alkanes) is 40. The van der Waals surface area contributed by atoms with Crippen molar-refractivity contribution < 1.29 is 24.5 Å². The average Bonchev–Trinajstić information content (AvgIpc) is 3.33. The molecule has 6 nitrogen and oxygen atoms in total. The Labute approximate surface area is 417 Å². The van der Waals surface area contributed by atoms with Gasteiger partial charge in [0.15, 0.2) is 0 Å². The number of ether oxygens (including phenoxy) is 1. The molecule has 0 fully saturated rings. The molecule has 0 aliphatic rings. The molecule has 2 atom stereocenters. The summed E-state index contributed by atoms with van der Waals surface area (Å²) in [4.78, 5) is 24.5. The van der Waals surface area contributed by atoms with E-state index in [2.05, 4.69) is 37.4 Å². The number of carbonyl (C=O) groups excluding carboxylic acids is 2. The van der Waals surface area contributed by atoms with Gasteiger partial charge >= 0.3 is 5.97 Å². The van der Waals surface area contributed by atoms with Crippen molar-refractivity contribution in [2.45, 2.75) is 328 Å². The van der Waals surface area contributed by atoms with Crippen molar-refractivity contribution in [3.8, 4) is 0 Å². The molecular formula is C61H115NO5. The Morgan fingerprint density at radius 3 is 1.16 bits per heavy atom. The quantitative estimate of drug-likeness (QED) is 0.0321. The molecule has 2 unspecified atom stereocenters.